The molecule has 3 aromatic heterocycles. The van der Waals surface area contributed by atoms with Gasteiger partial charge in [-0.1, -0.05) is 48.2 Å². The van der Waals surface area contributed by atoms with Gasteiger partial charge in [-0.2, -0.15) is 14.3 Å². The van der Waals surface area contributed by atoms with E-state index in [-0.39, 0.29) is 5.56 Å². The van der Waals surface area contributed by atoms with Gasteiger partial charge in [-0.15, -0.1) is 5.10 Å². The Balaban J connectivity index is 1.59. The standard InChI is InChI=1S/C15H13N7OS2/c1-2-12-18-22-13(23)8-10(16-14(22)25-12)9-24-15-17-19-20-21(15)11-6-4-3-5-7-11/h3-8H,2,9H2,1H3. The van der Waals surface area contributed by atoms with Gasteiger partial charge in [-0.3, -0.25) is 4.79 Å². The van der Waals surface area contributed by atoms with Crippen LogP contribution >= 0.6 is 23.1 Å². The Morgan fingerprint density at radius 2 is 2.08 bits per heavy atom. The lowest BCUT2D eigenvalue weighted by Crippen LogP contribution is -2.15. The van der Waals surface area contributed by atoms with Crippen LogP contribution in [0.4, 0.5) is 0 Å². The van der Waals surface area contributed by atoms with Gasteiger partial charge >= 0.3 is 0 Å². The van der Waals surface area contributed by atoms with Crippen LogP contribution in [0.25, 0.3) is 10.6 Å². The third-order valence-corrected chi connectivity index (χ3v) is 5.44. The van der Waals surface area contributed by atoms with E-state index in [1.807, 2.05) is 37.3 Å². The van der Waals surface area contributed by atoms with Crippen LogP contribution in [0.5, 0.6) is 0 Å². The highest BCUT2D eigenvalue weighted by Crippen LogP contribution is 2.22. The number of hydrogen-bond donors (Lipinski definition) is 0. The summed E-state index contributed by atoms with van der Waals surface area (Å²) < 4.78 is 3.02. The second-order valence-electron chi connectivity index (χ2n) is 5.13. The Hall–Kier alpha value is -2.59. The third kappa shape index (κ3) is 3.17. The summed E-state index contributed by atoms with van der Waals surface area (Å²) in [6.45, 7) is 2.00. The highest BCUT2D eigenvalue weighted by molar-refractivity contribution is 7.98. The highest BCUT2D eigenvalue weighted by Gasteiger charge is 2.12. The molecule has 3 heterocycles. The molecule has 0 saturated heterocycles. The zero-order chi connectivity index (χ0) is 17.2. The number of benzene rings is 1. The van der Waals surface area contributed by atoms with Crippen LogP contribution in [0, 0.1) is 0 Å². The summed E-state index contributed by atoms with van der Waals surface area (Å²) in [5.74, 6) is 0.498. The van der Waals surface area contributed by atoms with Crippen molar-refractivity contribution >= 4 is 28.1 Å². The van der Waals surface area contributed by atoms with Crippen molar-refractivity contribution in [2.24, 2.45) is 0 Å². The van der Waals surface area contributed by atoms with Gasteiger partial charge < -0.3 is 0 Å². The molecule has 0 aliphatic rings. The van der Waals surface area contributed by atoms with E-state index in [1.165, 1.54) is 33.7 Å². The maximum Gasteiger partial charge on any atom is 0.275 e. The topological polar surface area (TPSA) is 90.9 Å². The first-order valence-electron chi connectivity index (χ1n) is 7.60. The molecule has 8 nitrogen and oxygen atoms in total. The van der Waals surface area contributed by atoms with Gasteiger partial charge in [0.15, 0.2) is 0 Å². The molecule has 0 unspecified atom stereocenters. The minimum atomic E-state index is -0.167. The molecule has 0 N–H and O–H groups in total. The van der Waals surface area contributed by atoms with Crippen LogP contribution in [-0.4, -0.2) is 34.8 Å². The zero-order valence-electron chi connectivity index (χ0n) is 13.2. The second kappa shape index (κ2) is 6.73. The maximum absolute atomic E-state index is 12.2. The largest absolute Gasteiger partial charge is 0.275 e. The molecule has 0 fully saturated rings. The first-order chi connectivity index (χ1) is 12.2. The molecule has 0 saturated carbocycles. The zero-order valence-corrected chi connectivity index (χ0v) is 14.9. The summed E-state index contributed by atoms with van der Waals surface area (Å²) in [4.78, 5) is 17.3. The molecule has 0 bridgehead atoms. The molecule has 4 rings (SSSR count). The molecule has 0 spiro atoms. The molecule has 10 heteroatoms. The number of thioether (sulfide) groups is 1. The van der Waals surface area contributed by atoms with Gasteiger partial charge in [0.05, 0.1) is 11.4 Å². The molecule has 0 atom stereocenters. The fraction of sp³-hybridized carbons (Fsp3) is 0.200. The van der Waals surface area contributed by atoms with Gasteiger partial charge in [0.1, 0.15) is 5.01 Å². The SMILES string of the molecule is CCc1nn2c(=O)cc(CSc3nnnn3-c3ccccc3)nc2s1. The van der Waals surface area contributed by atoms with Gasteiger partial charge in [-0.25, -0.2) is 4.98 Å². The smallest absolute Gasteiger partial charge is 0.267 e. The molecule has 0 radical (unpaired) electrons. The van der Waals surface area contributed by atoms with Crippen LogP contribution in [0.15, 0.2) is 46.3 Å². The van der Waals surface area contributed by atoms with Gasteiger partial charge in [0.2, 0.25) is 10.1 Å². The Kier molecular flexibility index (Phi) is 4.28. The third-order valence-electron chi connectivity index (χ3n) is 3.43. The van der Waals surface area contributed by atoms with Crippen LogP contribution in [0.2, 0.25) is 0 Å². The minimum absolute atomic E-state index is 0.167. The van der Waals surface area contributed by atoms with Crippen molar-refractivity contribution in [2.75, 3.05) is 0 Å². The summed E-state index contributed by atoms with van der Waals surface area (Å²) in [7, 11) is 0. The minimum Gasteiger partial charge on any atom is -0.267 e. The average Bonchev–Trinajstić information content (AvgIpc) is 3.27. The summed E-state index contributed by atoms with van der Waals surface area (Å²) in [6.07, 6.45) is 0.781. The van der Waals surface area contributed by atoms with E-state index in [4.69, 9.17) is 0 Å². The van der Waals surface area contributed by atoms with E-state index in [9.17, 15) is 4.79 Å². The van der Waals surface area contributed by atoms with E-state index < -0.39 is 0 Å². The van der Waals surface area contributed by atoms with Crippen molar-refractivity contribution in [2.45, 2.75) is 24.3 Å². The van der Waals surface area contributed by atoms with E-state index in [1.54, 1.807) is 4.68 Å². The maximum atomic E-state index is 12.2. The highest BCUT2D eigenvalue weighted by atomic mass is 32.2. The lowest BCUT2D eigenvalue weighted by molar-refractivity contribution is 0.756. The number of nitrogens with zero attached hydrogens (tertiary/aromatic N) is 7. The molecule has 0 aliphatic carbocycles. The Morgan fingerprint density at radius 1 is 1.24 bits per heavy atom. The fourth-order valence-electron chi connectivity index (χ4n) is 2.25. The molecule has 1 aromatic carbocycles. The number of para-hydroxylation sites is 1. The van der Waals surface area contributed by atoms with Crippen molar-refractivity contribution in [3.05, 3.63) is 57.5 Å². The van der Waals surface area contributed by atoms with Crippen LogP contribution in [0.1, 0.15) is 17.6 Å². The van der Waals surface area contributed by atoms with Crippen molar-refractivity contribution in [1.29, 1.82) is 0 Å². The number of aryl methyl sites for hydroxylation is 1. The fourth-order valence-corrected chi connectivity index (χ4v) is 3.89. The molecular weight excluding hydrogens is 358 g/mol. The summed E-state index contributed by atoms with van der Waals surface area (Å²) in [5, 5.41) is 17.6. The monoisotopic (exact) mass is 371 g/mol. The second-order valence-corrected chi connectivity index (χ2v) is 7.11. The van der Waals surface area contributed by atoms with E-state index in [2.05, 4.69) is 25.6 Å². The van der Waals surface area contributed by atoms with Crippen LogP contribution in [0.3, 0.4) is 0 Å². The van der Waals surface area contributed by atoms with Crippen molar-refractivity contribution < 1.29 is 0 Å². The lowest BCUT2D eigenvalue weighted by Gasteiger charge is -2.03. The Bertz CT molecular complexity index is 1070. The molecule has 0 amide bonds. The van der Waals surface area contributed by atoms with E-state index >= 15 is 0 Å². The number of aromatic nitrogens is 7. The van der Waals surface area contributed by atoms with E-state index in [0.717, 1.165) is 17.1 Å². The van der Waals surface area contributed by atoms with Gasteiger partial charge in [0.25, 0.3) is 5.56 Å². The first-order valence-corrected chi connectivity index (χ1v) is 9.40. The van der Waals surface area contributed by atoms with Crippen molar-refractivity contribution in [1.82, 2.24) is 34.8 Å². The average molecular weight is 371 g/mol. The van der Waals surface area contributed by atoms with Crippen LogP contribution in [-0.2, 0) is 12.2 Å². The predicted molar refractivity (Wildman–Crippen MR) is 95.2 cm³/mol. The predicted octanol–water partition coefficient (Wildman–Crippen LogP) is 1.98. The lowest BCUT2D eigenvalue weighted by atomic mass is 10.3. The first kappa shape index (κ1) is 15.9. The molecular formula is C15H13N7OS2. The molecule has 25 heavy (non-hydrogen) atoms. The summed E-state index contributed by atoms with van der Waals surface area (Å²) >= 11 is 2.87. The number of rotatable bonds is 5. The van der Waals surface area contributed by atoms with Crippen molar-refractivity contribution in [3.63, 3.8) is 0 Å². The Labute approximate surface area is 150 Å². The van der Waals surface area contributed by atoms with E-state index in [0.29, 0.717) is 21.6 Å². The summed E-state index contributed by atoms with van der Waals surface area (Å²) in [6, 6.07) is 11.2. The molecule has 4 aromatic rings. The van der Waals surface area contributed by atoms with Gasteiger partial charge in [0, 0.05) is 11.8 Å². The quantitative estimate of drug-likeness (QED) is 0.495. The Morgan fingerprint density at radius 3 is 2.88 bits per heavy atom. The van der Waals surface area contributed by atoms with Crippen LogP contribution < -0.4 is 5.56 Å². The number of tetrazole rings is 1. The van der Waals surface area contributed by atoms with Gasteiger partial charge in [-0.05, 0) is 29.0 Å². The van der Waals surface area contributed by atoms with Crippen molar-refractivity contribution in [3.8, 4) is 5.69 Å². The molecule has 126 valence electrons. The summed E-state index contributed by atoms with van der Waals surface area (Å²) in [5.41, 5.74) is 1.40. The number of hydrogen-bond acceptors (Lipinski definition) is 8. The molecule has 0 aliphatic heterocycles. The number of fused-ring (bicyclic) bond motifs is 1. The normalized spacial score (nSPS) is 11.2.